The molecule has 0 aromatic rings. The number of hydrogen-bond donors (Lipinski definition) is 0. The Hall–Kier alpha value is 1.71. The van der Waals surface area contributed by atoms with Crippen LogP contribution in [0.1, 0.15) is 0 Å². The average molecular weight is 304 g/mol. The second-order valence-electron chi connectivity index (χ2n) is 1.50. The molecule has 15 heteroatoms. The van der Waals surface area contributed by atoms with E-state index in [1.54, 1.807) is 0 Å². The van der Waals surface area contributed by atoms with Gasteiger partial charge in [-0.3, -0.25) is 13.2 Å². The van der Waals surface area contributed by atoms with Crippen molar-refractivity contribution in [3.05, 3.63) is 0 Å². The maximum Gasteiger partial charge on any atom is 3.00 e. The molecule has 0 bridgehead atoms. The topological polar surface area (TPSA) is 185 Å². The first-order chi connectivity index (χ1) is 5.41. The van der Waals surface area contributed by atoms with Crippen LogP contribution >= 0.6 is 23.5 Å². The van der Waals surface area contributed by atoms with Crippen molar-refractivity contribution >= 4 is 63.9 Å². The SMILES string of the molecule is O=P([O-])([O-])OP(=O)([O-])OP(=O)([O-])[O-].[Al+3].[Mg+2]. The molecule has 0 amide bonds. The van der Waals surface area contributed by atoms with E-state index in [0.29, 0.717) is 0 Å². The van der Waals surface area contributed by atoms with Gasteiger partial charge < -0.3 is 33.6 Å². The van der Waals surface area contributed by atoms with Crippen LogP contribution in [0.4, 0.5) is 0 Å². The van der Waals surface area contributed by atoms with Gasteiger partial charge in [-0.1, -0.05) is 0 Å². The zero-order valence-corrected chi connectivity index (χ0v) is 12.0. The number of rotatable bonds is 4. The molecule has 0 saturated heterocycles. The van der Waals surface area contributed by atoms with Crippen LogP contribution in [0.3, 0.4) is 0 Å². The van der Waals surface area contributed by atoms with Crippen LogP contribution in [-0.4, -0.2) is 40.4 Å². The average Bonchev–Trinajstić information content (AvgIpc) is 1.43. The molecule has 10 nitrogen and oxygen atoms in total. The molecule has 0 saturated carbocycles. The van der Waals surface area contributed by atoms with Crippen LogP contribution in [0.25, 0.3) is 0 Å². The summed E-state index contributed by atoms with van der Waals surface area (Å²) in [5.41, 5.74) is 0. The van der Waals surface area contributed by atoms with Crippen LogP contribution in [0.15, 0.2) is 0 Å². The quantitative estimate of drug-likeness (QED) is 0.361. The smallest absolute Gasteiger partial charge is 0.790 e. The van der Waals surface area contributed by atoms with E-state index in [-0.39, 0.29) is 40.4 Å². The second kappa shape index (κ2) is 7.21. The van der Waals surface area contributed by atoms with Crippen LogP contribution < -0.4 is 24.5 Å². The Morgan fingerprint density at radius 2 is 0.933 bits per heavy atom. The summed E-state index contributed by atoms with van der Waals surface area (Å²) in [5.74, 6) is 0. The third-order valence-electron chi connectivity index (χ3n) is 0.400. The molecule has 0 radical (unpaired) electrons. The van der Waals surface area contributed by atoms with Crippen LogP contribution in [0.2, 0.25) is 0 Å². The molecular weight excluding hydrogens is 304 g/mol. The van der Waals surface area contributed by atoms with E-state index in [4.69, 9.17) is 0 Å². The van der Waals surface area contributed by atoms with Crippen molar-refractivity contribution in [2.24, 2.45) is 0 Å². The van der Waals surface area contributed by atoms with E-state index in [0.717, 1.165) is 0 Å². The molecule has 0 fully saturated rings. The molecule has 0 aliphatic rings. The molecule has 15 heavy (non-hydrogen) atoms. The largest absolute Gasteiger partial charge is 3.00 e. The van der Waals surface area contributed by atoms with Gasteiger partial charge in [0.15, 0.2) is 0 Å². The fourth-order valence-corrected chi connectivity index (χ4v) is 2.61. The van der Waals surface area contributed by atoms with Gasteiger partial charge in [-0.2, -0.15) is 0 Å². The molecule has 0 N–H and O–H groups in total. The van der Waals surface area contributed by atoms with E-state index in [9.17, 15) is 38.2 Å². The summed E-state index contributed by atoms with van der Waals surface area (Å²) in [5, 5.41) is 0. The van der Waals surface area contributed by atoms with E-state index in [1.807, 2.05) is 0 Å². The summed E-state index contributed by atoms with van der Waals surface area (Å²) < 4.78 is 34.7. The Morgan fingerprint density at radius 3 is 1.07 bits per heavy atom. The third kappa shape index (κ3) is 15.7. The zero-order chi connectivity index (χ0) is 10.9. The Balaban J connectivity index is -0.000000720. The van der Waals surface area contributed by atoms with Crippen LogP contribution in [-0.2, 0) is 22.3 Å². The Morgan fingerprint density at radius 1 is 0.733 bits per heavy atom. The second-order valence-corrected chi connectivity index (χ2v) is 5.49. The van der Waals surface area contributed by atoms with Gasteiger partial charge in [-0.15, -0.1) is 0 Å². The Labute approximate surface area is 110 Å². The van der Waals surface area contributed by atoms with Gasteiger partial charge in [0.1, 0.15) is 0 Å². The van der Waals surface area contributed by atoms with Crippen molar-refractivity contribution in [3.63, 3.8) is 0 Å². The summed E-state index contributed by atoms with van der Waals surface area (Å²) in [6, 6.07) is 0. The maximum atomic E-state index is 10.1. The molecule has 0 heterocycles. The molecule has 80 valence electrons. The predicted octanol–water partition coefficient (Wildman–Crippen LogP) is -4.62. The molecule has 0 unspecified atom stereocenters. The van der Waals surface area contributed by atoms with Crippen molar-refractivity contribution in [1.82, 2.24) is 0 Å². The van der Waals surface area contributed by atoms with Gasteiger partial charge in [-0.25, -0.2) is 0 Å². The van der Waals surface area contributed by atoms with Gasteiger partial charge >= 0.3 is 40.4 Å². The van der Waals surface area contributed by atoms with Crippen molar-refractivity contribution < 1.29 is 46.8 Å². The molecular formula is AlMgO10P3. The van der Waals surface area contributed by atoms with Gasteiger partial charge in [0, 0.05) is 0 Å². The van der Waals surface area contributed by atoms with Crippen molar-refractivity contribution in [3.8, 4) is 0 Å². The van der Waals surface area contributed by atoms with Gasteiger partial charge in [-0.05, 0) is 0 Å². The standard InChI is InChI=1S/Al.Mg.H5O10P3/c;;1-11(2,3)9-13(7,8)10-12(4,5)6/h;;(H,7,8)(H2,1,2,3)(H2,4,5,6)/q+3;+2;/p-5. The molecule has 0 aliphatic heterocycles. The molecule has 0 aliphatic carbocycles. The van der Waals surface area contributed by atoms with Gasteiger partial charge in [0.05, 0.1) is 15.6 Å². The first-order valence-electron chi connectivity index (χ1n) is 2.19. The van der Waals surface area contributed by atoms with Crippen molar-refractivity contribution in [2.45, 2.75) is 0 Å². The normalized spacial score (nSPS) is 12.6. The Kier molecular flexibility index (Phi) is 10.5. The van der Waals surface area contributed by atoms with E-state index in [1.165, 1.54) is 0 Å². The molecule has 0 atom stereocenters. The van der Waals surface area contributed by atoms with Crippen LogP contribution in [0.5, 0.6) is 0 Å². The zero-order valence-electron chi connectivity index (χ0n) is 6.71. The predicted molar refractivity (Wildman–Crippen MR) is 36.5 cm³/mol. The molecule has 0 aromatic carbocycles. The summed E-state index contributed by atoms with van der Waals surface area (Å²) in [7, 11) is -17.9. The Bertz CT molecular complexity index is 283. The fourth-order valence-electron chi connectivity index (χ4n) is 0.260. The van der Waals surface area contributed by atoms with E-state index < -0.39 is 23.5 Å². The molecule has 0 rings (SSSR count). The maximum absolute atomic E-state index is 10.1. The van der Waals surface area contributed by atoms with Gasteiger partial charge in [0.25, 0.3) is 7.82 Å². The summed E-state index contributed by atoms with van der Waals surface area (Å²) in [6.45, 7) is 0. The third-order valence-corrected chi connectivity index (χ3v) is 3.60. The van der Waals surface area contributed by atoms with Gasteiger partial charge in [0.2, 0.25) is 0 Å². The number of hydrogen-bond acceptors (Lipinski definition) is 10. The van der Waals surface area contributed by atoms with E-state index in [2.05, 4.69) is 8.62 Å². The molecule has 0 spiro atoms. The number of phosphoric acid groups is 3. The first-order valence-corrected chi connectivity index (χ1v) is 6.57. The summed E-state index contributed by atoms with van der Waals surface area (Å²) in [6.07, 6.45) is 0. The minimum absolute atomic E-state index is 0. The van der Waals surface area contributed by atoms with Crippen molar-refractivity contribution in [1.29, 1.82) is 0 Å². The summed E-state index contributed by atoms with van der Waals surface area (Å²) in [4.78, 5) is 48.6. The summed E-state index contributed by atoms with van der Waals surface area (Å²) >= 11 is 0. The van der Waals surface area contributed by atoms with E-state index >= 15 is 0 Å². The fraction of sp³-hybridized carbons (Fsp3) is 0. The minimum Gasteiger partial charge on any atom is -0.790 e. The monoisotopic (exact) mass is 304 g/mol. The van der Waals surface area contributed by atoms with Crippen molar-refractivity contribution in [2.75, 3.05) is 0 Å². The molecule has 0 aromatic heterocycles. The van der Waals surface area contributed by atoms with Crippen LogP contribution in [0, 0.1) is 0 Å². The first kappa shape index (κ1) is 21.9. The minimum atomic E-state index is -5.97.